The molecule has 0 aliphatic heterocycles. The van der Waals surface area contributed by atoms with Crippen molar-refractivity contribution in [3.05, 3.63) is 32.9 Å². The molecule has 0 spiro atoms. The summed E-state index contributed by atoms with van der Waals surface area (Å²) in [7, 11) is 1.36. The van der Waals surface area contributed by atoms with E-state index in [1.165, 1.54) is 7.11 Å². The van der Waals surface area contributed by atoms with Gasteiger partial charge in [0.1, 0.15) is 0 Å². The number of esters is 1. The van der Waals surface area contributed by atoms with Crippen LogP contribution in [0, 0.1) is 10.5 Å². The standard InChI is InChI=1S/C13H16INO3/c1-9-5-3-6-10(12(9)14)13(17)15-8-4-7-11(16)18-2/h3,5-6H,4,7-8H2,1-2H3,(H,15,17). The SMILES string of the molecule is COC(=O)CCCNC(=O)c1cccc(C)c1I. The minimum atomic E-state index is -0.255. The van der Waals surface area contributed by atoms with Crippen LogP contribution in [0.15, 0.2) is 18.2 Å². The maximum atomic E-state index is 11.9. The van der Waals surface area contributed by atoms with Crippen molar-refractivity contribution in [1.82, 2.24) is 5.32 Å². The van der Waals surface area contributed by atoms with E-state index in [1.807, 2.05) is 19.1 Å². The van der Waals surface area contributed by atoms with E-state index in [0.717, 1.165) is 9.13 Å². The van der Waals surface area contributed by atoms with E-state index in [-0.39, 0.29) is 11.9 Å². The maximum Gasteiger partial charge on any atom is 0.305 e. The highest BCUT2D eigenvalue weighted by Gasteiger charge is 2.10. The molecule has 0 aliphatic carbocycles. The fourth-order valence-electron chi connectivity index (χ4n) is 1.45. The first-order valence-corrected chi connectivity index (χ1v) is 6.74. The van der Waals surface area contributed by atoms with Crippen LogP contribution in [0.25, 0.3) is 0 Å². The van der Waals surface area contributed by atoms with Crippen molar-refractivity contribution in [2.75, 3.05) is 13.7 Å². The number of rotatable bonds is 5. The summed E-state index contributed by atoms with van der Waals surface area (Å²) in [4.78, 5) is 22.8. The molecular weight excluding hydrogens is 345 g/mol. The van der Waals surface area contributed by atoms with Gasteiger partial charge in [-0.25, -0.2) is 0 Å². The second kappa shape index (κ2) is 7.35. The van der Waals surface area contributed by atoms with Crippen molar-refractivity contribution >= 4 is 34.5 Å². The monoisotopic (exact) mass is 361 g/mol. The minimum absolute atomic E-state index is 0.104. The number of hydrogen-bond acceptors (Lipinski definition) is 3. The molecule has 1 aromatic rings. The Kier molecular flexibility index (Phi) is 6.11. The van der Waals surface area contributed by atoms with Crippen LogP contribution in [0.3, 0.4) is 0 Å². The maximum absolute atomic E-state index is 11.9. The normalized spacial score (nSPS) is 9.94. The number of nitrogens with one attached hydrogen (secondary N) is 1. The van der Waals surface area contributed by atoms with E-state index in [0.29, 0.717) is 24.9 Å². The third-order valence-corrected chi connectivity index (χ3v) is 3.94. The summed E-state index contributed by atoms with van der Waals surface area (Å²) in [5.74, 6) is -0.359. The lowest BCUT2D eigenvalue weighted by atomic mass is 10.1. The van der Waals surface area contributed by atoms with Gasteiger partial charge in [-0.3, -0.25) is 9.59 Å². The van der Waals surface area contributed by atoms with Crippen LogP contribution < -0.4 is 5.32 Å². The molecule has 0 fully saturated rings. The van der Waals surface area contributed by atoms with Crippen molar-refractivity contribution in [2.45, 2.75) is 19.8 Å². The fourth-order valence-corrected chi connectivity index (χ4v) is 2.06. The first-order chi connectivity index (χ1) is 8.56. The van der Waals surface area contributed by atoms with Gasteiger partial charge in [0.05, 0.1) is 12.7 Å². The zero-order chi connectivity index (χ0) is 13.5. The van der Waals surface area contributed by atoms with Gasteiger partial charge >= 0.3 is 5.97 Å². The number of halogens is 1. The largest absolute Gasteiger partial charge is 0.469 e. The van der Waals surface area contributed by atoms with Gasteiger partial charge < -0.3 is 10.1 Å². The average Bonchev–Trinajstić information content (AvgIpc) is 2.37. The highest BCUT2D eigenvalue weighted by atomic mass is 127. The summed E-state index contributed by atoms with van der Waals surface area (Å²) in [5, 5.41) is 2.79. The van der Waals surface area contributed by atoms with Crippen molar-refractivity contribution in [3.8, 4) is 0 Å². The lowest BCUT2D eigenvalue weighted by Gasteiger charge is -2.08. The first-order valence-electron chi connectivity index (χ1n) is 5.66. The molecular formula is C13H16INO3. The summed E-state index contributed by atoms with van der Waals surface area (Å²) < 4.78 is 5.48. The quantitative estimate of drug-likeness (QED) is 0.497. The zero-order valence-corrected chi connectivity index (χ0v) is 12.6. The van der Waals surface area contributed by atoms with E-state index >= 15 is 0 Å². The van der Waals surface area contributed by atoms with Crippen molar-refractivity contribution in [1.29, 1.82) is 0 Å². The van der Waals surface area contributed by atoms with E-state index in [9.17, 15) is 9.59 Å². The number of carbonyl (C=O) groups excluding carboxylic acids is 2. The number of hydrogen-bond donors (Lipinski definition) is 1. The van der Waals surface area contributed by atoms with Crippen LogP contribution >= 0.6 is 22.6 Å². The Morgan fingerprint density at radius 3 is 2.78 bits per heavy atom. The van der Waals surface area contributed by atoms with E-state index in [2.05, 4.69) is 32.6 Å². The average molecular weight is 361 g/mol. The second-order valence-electron chi connectivity index (χ2n) is 3.87. The van der Waals surface area contributed by atoms with Gasteiger partial charge in [-0.2, -0.15) is 0 Å². The number of benzene rings is 1. The van der Waals surface area contributed by atoms with Gasteiger partial charge in [0.25, 0.3) is 5.91 Å². The molecule has 1 amide bonds. The Labute approximate surface area is 120 Å². The Morgan fingerprint density at radius 2 is 2.11 bits per heavy atom. The molecule has 0 radical (unpaired) electrons. The molecule has 5 heteroatoms. The van der Waals surface area contributed by atoms with Crippen LogP contribution in [-0.4, -0.2) is 25.5 Å². The zero-order valence-electron chi connectivity index (χ0n) is 10.5. The summed E-state index contributed by atoms with van der Waals surface area (Å²) in [6, 6.07) is 5.63. The molecule has 0 aliphatic rings. The Balaban J connectivity index is 2.46. The summed E-state index contributed by atoms with van der Waals surface area (Å²) in [6.45, 7) is 2.44. The number of aryl methyl sites for hydroxylation is 1. The summed E-state index contributed by atoms with van der Waals surface area (Å²) in [5.41, 5.74) is 1.76. The lowest BCUT2D eigenvalue weighted by molar-refractivity contribution is -0.140. The van der Waals surface area contributed by atoms with Gasteiger partial charge in [-0.1, -0.05) is 12.1 Å². The van der Waals surface area contributed by atoms with Crippen LogP contribution in [-0.2, 0) is 9.53 Å². The molecule has 0 saturated heterocycles. The molecule has 1 aromatic carbocycles. The van der Waals surface area contributed by atoms with Gasteiger partial charge in [-0.05, 0) is 47.6 Å². The molecule has 0 heterocycles. The fraction of sp³-hybridized carbons (Fsp3) is 0.385. The van der Waals surface area contributed by atoms with E-state index in [1.54, 1.807) is 6.07 Å². The van der Waals surface area contributed by atoms with Crippen molar-refractivity contribution in [2.24, 2.45) is 0 Å². The molecule has 0 unspecified atom stereocenters. The molecule has 1 N–H and O–H groups in total. The smallest absolute Gasteiger partial charge is 0.305 e. The number of amides is 1. The number of methoxy groups -OCH3 is 1. The topological polar surface area (TPSA) is 55.4 Å². The predicted octanol–water partition coefficient (Wildman–Crippen LogP) is 2.28. The van der Waals surface area contributed by atoms with Gasteiger partial charge in [0.15, 0.2) is 0 Å². The predicted molar refractivity (Wildman–Crippen MR) is 77.5 cm³/mol. The molecule has 0 atom stereocenters. The Hall–Kier alpha value is -1.11. The Morgan fingerprint density at radius 1 is 1.39 bits per heavy atom. The molecule has 98 valence electrons. The number of carbonyl (C=O) groups is 2. The first kappa shape index (κ1) is 14.9. The van der Waals surface area contributed by atoms with Crippen LogP contribution in [0.4, 0.5) is 0 Å². The molecule has 1 rings (SSSR count). The molecule has 0 aromatic heterocycles. The molecule has 0 bridgehead atoms. The van der Waals surface area contributed by atoms with Gasteiger partial charge in [-0.15, -0.1) is 0 Å². The summed E-state index contributed by atoms with van der Waals surface area (Å²) in [6.07, 6.45) is 0.905. The third kappa shape index (κ3) is 4.29. The number of ether oxygens (including phenoxy) is 1. The highest BCUT2D eigenvalue weighted by Crippen LogP contribution is 2.16. The highest BCUT2D eigenvalue weighted by molar-refractivity contribution is 14.1. The van der Waals surface area contributed by atoms with Gasteiger partial charge in [0.2, 0.25) is 0 Å². The lowest BCUT2D eigenvalue weighted by Crippen LogP contribution is -2.25. The van der Waals surface area contributed by atoms with Crippen LogP contribution in [0.5, 0.6) is 0 Å². The second-order valence-corrected chi connectivity index (χ2v) is 4.95. The summed E-state index contributed by atoms with van der Waals surface area (Å²) >= 11 is 2.16. The third-order valence-electron chi connectivity index (χ3n) is 2.51. The van der Waals surface area contributed by atoms with Gasteiger partial charge in [0, 0.05) is 16.5 Å². The molecule has 18 heavy (non-hydrogen) atoms. The van der Waals surface area contributed by atoms with Crippen molar-refractivity contribution < 1.29 is 14.3 Å². The van der Waals surface area contributed by atoms with Crippen molar-refractivity contribution in [3.63, 3.8) is 0 Å². The molecule has 4 nitrogen and oxygen atoms in total. The van der Waals surface area contributed by atoms with E-state index < -0.39 is 0 Å². The Bertz CT molecular complexity index is 446. The van der Waals surface area contributed by atoms with Crippen LogP contribution in [0.1, 0.15) is 28.8 Å². The van der Waals surface area contributed by atoms with E-state index in [4.69, 9.17) is 0 Å². The minimum Gasteiger partial charge on any atom is -0.469 e. The molecule has 0 saturated carbocycles. The van der Waals surface area contributed by atoms with Crippen LogP contribution in [0.2, 0.25) is 0 Å².